The molecule has 2 nitrogen and oxygen atoms in total. The van der Waals surface area contributed by atoms with Crippen LogP contribution in [0.3, 0.4) is 0 Å². The highest BCUT2D eigenvalue weighted by Gasteiger charge is 2.22. The molecule has 0 saturated heterocycles. The first-order valence-electron chi connectivity index (χ1n) is 3.90. The molecule has 1 aromatic carbocycles. The quantitative estimate of drug-likeness (QED) is 0.529. The third-order valence-electron chi connectivity index (χ3n) is 2.13. The number of hydrogen-bond donors (Lipinski definition) is 0. The number of carbonyl (C=O) groups excluding carboxylic acids is 2. The monoisotopic (exact) mass is 160 g/mol. The van der Waals surface area contributed by atoms with Crippen LogP contribution in [0.1, 0.15) is 11.1 Å². The third-order valence-corrected chi connectivity index (χ3v) is 2.13. The standard InChI is InChI=1S/C10H8O2/c11-9-5-7-3-1-2-4-8(7)6-10(9)12/h1-4H,5-6H2. The van der Waals surface area contributed by atoms with Crippen molar-refractivity contribution in [3.8, 4) is 0 Å². The summed E-state index contributed by atoms with van der Waals surface area (Å²) in [6.07, 6.45) is 0.573. The first-order valence-corrected chi connectivity index (χ1v) is 3.90. The van der Waals surface area contributed by atoms with E-state index in [9.17, 15) is 9.59 Å². The van der Waals surface area contributed by atoms with E-state index in [2.05, 4.69) is 0 Å². The predicted molar refractivity (Wildman–Crippen MR) is 43.9 cm³/mol. The molecule has 2 heteroatoms. The Morgan fingerprint density at radius 2 is 1.25 bits per heavy atom. The van der Waals surface area contributed by atoms with Gasteiger partial charge in [0.25, 0.3) is 0 Å². The molecule has 0 atom stereocenters. The van der Waals surface area contributed by atoms with Crippen molar-refractivity contribution in [3.05, 3.63) is 35.4 Å². The van der Waals surface area contributed by atoms with Crippen molar-refractivity contribution in [2.45, 2.75) is 12.8 Å². The number of ketones is 2. The highest BCUT2D eigenvalue weighted by Crippen LogP contribution is 2.16. The average molecular weight is 160 g/mol. The van der Waals surface area contributed by atoms with Crippen LogP contribution in [0.4, 0.5) is 0 Å². The molecule has 0 bridgehead atoms. The number of benzene rings is 1. The van der Waals surface area contributed by atoms with Gasteiger partial charge in [-0.05, 0) is 11.1 Å². The first-order chi connectivity index (χ1) is 5.77. The minimum atomic E-state index is -0.256. The minimum absolute atomic E-state index is 0.256. The molecule has 0 heterocycles. The number of rotatable bonds is 0. The van der Waals surface area contributed by atoms with Crippen LogP contribution in [0.25, 0.3) is 0 Å². The van der Waals surface area contributed by atoms with Gasteiger partial charge in [-0.15, -0.1) is 0 Å². The Labute approximate surface area is 70.2 Å². The largest absolute Gasteiger partial charge is 0.291 e. The van der Waals surface area contributed by atoms with Crippen LogP contribution in [-0.4, -0.2) is 11.6 Å². The lowest BCUT2D eigenvalue weighted by Crippen LogP contribution is -2.24. The van der Waals surface area contributed by atoms with Crippen molar-refractivity contribution < 1.29 is 9.59 Å². The zero-order chi connectivity index (χ0) is 8.55. The van der Waals surface area contributed by atoms with E-state index in [0.29, 0.717) is 0 Å². The van der Waals surface area contributed by atoms with Gasteiger partial charge in [0.15, 0.2) is 0 Å². The summed E-state index contributed by atoms with van der Waals surface area (Å²) in [6, 6.07) is 7.59. The molecule has 0 aliphatic heterocycles. The van der Waals surface area contributed by atoms with E-state index >= 15 is 0 Å². The van der Waals surface area contributed by atoms with Crippen molar-refractivity contribution in [3.63, 3.8) is 0 Å². The second kappa shape index (κ2) is 2.55. The van der Waals surface area contributed by atoms with Gasteiger partial charge in [0.1, 0.15) is 0 Å². The molecule has 0 unspecified atom stereocenters. The van der Waals surface area contributed by atoms with Gasteiger partial charge < -0.3 is 0 Å². The van der Waals surface area contributed by atoms with Gasteiger partial charge >= 0.3 is 0 Å². The molecular formula is C10H8O2. The summed E-state index contributed by atoms with van der Waals surface area (Å²) in [6.45, 7) is 0. The van der Waals surface area contributed by atoms with Gasteiger partial charge in [0.2, 0.25) is 11.6 Å². The summed E-state index contributed by atoms with van der Waals surface area (Å²) >= 11 is 0. The van der Waals surface area contributed by atoms with E-state index in [1.54, 1.807) is 0 Å². The fourth-order valence-corrected chi connectivity index (χ4v) is 1.45. The number of hydrogen-bond acceptors (Lipinski definition) is 2. The first kappa shape index (κ1) is 7.22. The molecule has 0 N–H and O–H groups in total. The molecule has 2 rings (SSSR count). The second-order valence-electron chi connectivity index (χ2n) is 2.97. The van der Waals surface area contributed by atoms with E-state index in [1.807, 2.05) is 24.3 Å². The number of fused-ring (bicyclic) bond motifs is 1. The highest BCUT2D eigenvalue weighted by molar-refractivity contribution is 6.39. The Bertz CT molecular complexity index is 318. The molecule has 0 amide bonds. The van der Waals surface area contributed by atoms with Crippen LogP contribution in [0, 0.1) is 0 Å². The molecule has 1 aliphatic rings. The van der Waals surface area contributed by atoms with E-state index in [4.69, 9.17) is 0 Å². The zero-order valence-corrected chi connectivity index (χ0v) is 6.54. The highest BCUT2D eigenvalue weighted by atomic mass is 16.2. The minimum Gasteiger partial charge on any atom is -0.291 e. The van der Waals surface area contributed by atoms with Crippen LogP contribution in [0.5, 0.6) is 0 Å². The maximum Gasteiger partial charge on any atom is 0.203 e. The van der Waals surface area contributed by atoms with Crippen molar-refractivity contribution in [2.75, 3.05) is 0 Å². The molecule has 60 valence electrons. The third kappa shape index (κ3) is 1.05. The Morgan fingerprint density at radius 1 is 0.833 bits per heavy atom. The molecule has 0 radical (unpaired) electrons. The fraction of sp³-hybridized carbons (Fsp3) is 0.200. The maximum absolute atomic E-state index is 11.0. The van der Waals surface area contributed by atoms with Crippen LogP contribution >= 0.6 is 0 Å². The van der Waals surface area contributed by atoms with Gasteiger partial charge in [-0.2, -0.15) is 0 Å². The van der Waals surface area contributed by atoms with Gasteiger partial charge in [-0.1, -0.05) is 24.3 Å². The zero-order valence-electron chi connectivity index (χ0n) is 6.54. The van der Waals surface area contributed by atoms with Crippen molar-refractivity contribution >= 4 is 11.6 Å². The van der Waals surface area contributed by atoms with Crippen molar-refractivity contribution in [1.29, 1.82) is 0 Å². The second-order valence-corrected chi connectivity index (χ2v) is 2.97. The normalized spacial score (nSPS) is 16.0. The number of Topliss-reactive ketones (excluding diaryl/α,β-unsaturated/α-hetero) is 2. The van der Waals surface area contributed by atoms with Crippen molar-refractivity contribution in [2.24, 2.45) is 0 Å². The molecule has 0 aromatic heterocycles. The van der Waals surface area contributed by atoms with E-state index in [0.717, 1.165) is 11.1 Å². The Morgan fingerprint density at radius 3 is 1.67 bits per heavy atom. The topological polar surface area (TPSA) is 34.1 Å². The fourth-order valence-electron chi connectivity index (χ4n) is 1.45. The van der Waals surface area contributed by atoms with E-state index < -0.39 is 0 Å². The molecule has 0 fully saturated rings. The molecule has 0 saturated carbocycles. The summed E-state index contributed by atoms with van der Waals surface area (Å²) in [5, 5.41) is 0. The van der Waals surface area contributed by atoms with Crippen LogP contribution in [0.2, 0.25) is 0 Å². The van der Waals surface area contributed by atoms with Gasteiger partial charge in [-0.25, -0.2) is 0 Å². The van der Waals surface area contributed by atoms with Gasteiger partial charge in [0.05, 0.1) is 0 Å². The Balaban J connectivity index is 2.47. The Kier molecular flexibility index (Phi) is 1.54. The number of carbonyl (C=O) groups is 2. The summed E-state index contributed by atoms with van der Waals surface area (Å²) in [4.78, 5) is 22.0. The summed E-state index contributed by atoms with van der Waals surface area (Å²) in [5.41, 5.74) is 2.00. The lowest BCUT2D eigenvalue weighted by molar-refractivity contribution is -0.136. The Hall–Kier alpha value is -1.44. The molecule has 12 heavy (non-hydrogen) atoms. The molecular weight excluding hydrogens is 152 g/mol. The summed E-state index contributed by atoms with van der Waals surface area (Å²) in [5.74, 6) is -0.512. The van der Waals surface area contributed by atoms with E-state index in [1.165, 1.54) is 0 Å². The van der Waals surface area contributed by atoms with E-state index in [-0.39, 0.29) is 24.4 Å². The van der Waals surface area contributed by atoms with Crippen LogP contribution < -0.4 is 0 Å². The lowest BCUT2D eigenvalue weighted by Gasteiger charge is -2.12. The molecule has 0 spiro atoms. The van der Waals surface area contributed by atoms with Crippen LogP contribution in [0.15, 0.2) is 24.3 Å². The molecule has 1 aromatic rings. The van der Waals surface area contributed by atoms with Gasteiger partial charge in [0, 0.05) is 12.8 Å². The summed E-state index contributed by atoms with van der Waals surface area (Å²) < 4.78 is 0. The SMILES string of the molecule is O=C1Cc2ccccc2CC1=O. The van der Waals surface area contributed by atoms with Gasteiger partial charge in [-0.3, -0.25) is 9.59 Å². The molecule has 1 aliphatic carbocycles. The summed E-state index contributed by atoms with van der Waals surface area (Å²) in [7, 11) is 0. The average Bonchev–Trinajstić information content (AvgIpc) is 2.07. The smallest absolute Gasteiger partial charge is 0.203 e. The lowest BCUT2D eigenvalue weighted by atomic mass is 9.90. The maximum atomic E-state index is 11.0. The predicted octanol–water partition coefficient (Wildman–Crippen LogP) is 0.923. The van der Waals surface area contributed by atoms with Crippen LogP contribution in [-0.2, 0) is 22.4 Å². The van der Waals surface area contributed by atoms with Crippen molar-refractivity contribution in [1.82, 2.24) is 0 Å².